The number of nitrogens with zero attached hydrogens (tertiary/aromatic N) is 1. The number of amides is 1. The molecule has 0 saturated heterocycles. The molecule has 0 saturated carbocycles. The maximum Gasteiger partial charge on any atom is 0.236 e. The van der Waals surface area contributed by atoms with Crippen molar-refractivity contribution in [2.75, 3.05) is 40.0 Å². The van der Waals surface area contributed by atoms with Crippen molar-refractivity contribution < 1.29 is 14.3 Å². The van der Waals surface area contributed by atoms with Crippen molar-refractivity contribution in [1.29, 1.82) is 0 Å². The third kappa shape index (κ3) is 7.45. The molecule has 2 N–H and O–H groups in total. The summed E-state index contributed by atoms with van der Waals surface area (Å²) < 4.78 is 10.3. The summed E-state index contributed by atoms with van der Waals surface area (Å²) in [5, 5.41) is 0. The van der Waals surface area contributed by atoms with Gasteiger partial charge in [0.25, 0.3) is 0 Å². The van der Waals surface area contributed by atoms with Gasteiger partial charge in [-0.1, -0.05) is 30.3 Å². The Labute approximate surface area is 126 Å². The highest BCUT2D eigenvalue weighted by molar-refractivity contribution is 5.85. The zero-order valence-corrected chi connectivity index (χ0v) is 12.6. The first-order chi connectivity index (χ1) is 9.27. The molecule has 0 aromatic heterocycles. The SMILES string of the molecule is COCCOCCN(Cc1ccccc1)C(=O)CN.Cl. The fourth-order valence-electron chi connectivity index (χ4n) is 1.64. The number of benzene rings is 1. The predicted molar refractivity (Wildman–Crippen MR) is 80.9 cm³/mol. The van der Waals surface area contributed by atoms with Gasteiger partial charge in [-0.05, 0) is 5.56 Å². The van der Waals surface area contributed by atoms with E-state index in [0.29, 0.717) is 32.9 Å². The molecule has 0 spiro atoms. The molecule has 0 bridgehead atoms. The molecule has 0 aliphatic rings. The van der Waals surface area contributed by atoms with E-state index in [0.717, 1.165) is 5.56 Å². The summed E-state index contributed by atoms with van der Waals surface area (Å²) in [6.07, 6.45) is 0. The van der Waals surface area contributed by atoms with E-state index in [1.165, 1.54) is 0 Å². The van der Waals surface area contributed by atoms with Crippen LogP contribution < -0.4 is 5.73 Å². The molecule has 5 nitrogen and oxygen atoms in total. The van der Waals surface area contributed by atoms with Crippen molar-refractivity contribution >= 4 is 18.3 Å². The number of nitrogens with two attached hydrogens (primary N) is 1. The van der Waals surface area contributed by atoms with Crippen molar-refractivity contribution in [1.82, 2.24) is 4.90 Å². The summed E-state index contributed by atoms with van der Waals surface area (Å²) in [4.78, 5) is 13.5. The molecule has 114 valence electrons. The first kappa shape index (κ1) is 18.9. The molecular formula is C14H23ClN2O3. The van der Waals surface area contributed by atoms with Gasteiger partial charge in [0.1, 0.15) is 0 Å². The van der Waals surface area contributed by atoms with Gasteiger partial charge in [-0.15, -0.1) is 12.4 Å². The highest BCUT2D eigenvalue weighted by Gasteiger charge is 2.11. The first-order valence-corrected chi connectivity index (χ1v) is 6.36. The van der Waals surface area contributed by atoms with Gasteiger partial charge in [0.15, 0.2) is 0 Å². The number of hydrogen-bond acceptors (Lipinski definition) is 4. The minimum absolute atomic E-state index is 0. The number of methoxy groups -OCH3 is 1. The summed E-state index contributed by atoms with van der Waals surface area (Å²) in [6.45, 7) is 2.70. The maximum atomic E-state index is 11.8. The lowest BCUT2D eigenvalue weighted by atomic mass is 10.2. The van der Waals surface area contributed by atoms with Crippen molar-refractivity contribution in [2.24, 2.45) is 5.73 Å². The number of carbonyl (C=O) groups is 1. The Bertz CT molecular complexity index is 363. The smallest absolute Gasteiger partial charge is 0.236 e. The van der Waals surface area contributed by atoms with Crippen molar-refractivity contribution in [3.05, 3.63) is 35.9 Å². The molecule has 0 aliphatic heterocycles. The van der Waals surface area contributed by atoms with E-state index >= 15 is 0 Å². The van der Waals surface area contributed by atoms with Gasteiger partial charge in [0, 0.05) is 20.2 Å². The Morgan fingerprint density at radius 3 is 2.50 bits per heavy atom. The van der Waals surface area contributed by atoms with E-state index in [1.807, 2.05) is 30.3 Å². The van der Waals surface area contributed by atoms with Crippen LogP contribution in [-0.2, 0) is 20.8 Å². The molecule has 0 aliphatic carbocycles. The molecule has 6 heteroatoms. The lowest BCUT2D eigenvalue weighted by Crippen LogP contribution is -2.37. The largest absolute Gasteiger partial charge is 0.382 e. The minimum Gasteiger partial charge on any atom is -0.382 e. The standard InChI is InChI=1S/C14H22N2O3.ClH/c1-18-9-10-19-8-7-16(14(17)11-15)12-13-5-3-2-4-6-13;/h2-6H,7-12,15H2,1H3;1H. The highest BCUT2D eigenvalue weighted by atomic mass is 35.5. The molecule has 0 heterocycles. The van der Waals surface area contributed by atoms with Gasteiger partial charge in [-0.3, -0.25) is 4.79 Å². The Morgan fingerprint density at radius 1 is 1.20 bits per heavy atom. The van der Waals surface area contributed by atoms with Crippen LogP contribution in [0.15, 0.2) is 30.3 Å². The molecular weight excluding hydrogens is 280 g/mol. The van der Waals surface area contributed by atoms with E-state index in [-0.39, 0.29) is 24.9 Å². The van der Waals surface area contributed by atoms with E-state index in [4.69, 9.17) is 15.2 Å². The Hall–Kier alpha value is -1.14. The minimum atomic E-state index is -0.0702. The zero-order chi connectivity index (χ0) is 13.9. The van der Waals surface area contributed by atoms with Gasteiger partial charge < -0.3 is 20.1 Å². The normalized spacial score (nSPS) is 9.90. The fourth-order valence-corrected chi connectivity index (χ4v) is 1.64. The Kier molecular flexibility index (Phi) is 11.0. The summed E-state index contributed by atoms with van der Waals surface area (Å²) in [7, 11) is 1.63. The van der Waals surface area contributed by atoms with E-state index < -0.39 is 0 Å². The van der Waals surface area contributed by atoms with E-state index in [9.17, 15) is 4.79 Å². The van der Waals surface area contributed by atoms with Crippen LogP contribution in [0.25, 0.3) is 0 Å². The molecule has 0 atom stereocenters. The van der Waals surface area contributed by atoms with Gasteiger partial charge in [-0.2, -0.15) is 0 Å². The van der Waals surface area contributed by atoms with Crippen LogP contribution in [0.4, 0.5) is 0 Å². The number of ether oxygens (including phenoxy) is 2. The van der Waals surface area contributed by atoms with Crippen LogP contribution in [0.5, 0.6) is 0 Å². The van der Waals surface area contributed by atoms with Gasteiger partial charge in [0.2, 0.25) is 5.91 Å². The zero-order valence-electron chi connectivity index (χ0n) is 11.8. The quantitative estimate of drug-likeness (QED) is 0.693. The molecule has 0 radical (unpaired) electrons. The third-order valence-electron chi connectivity index (χ3n) is 2.68. The van der Waals surface area contributed by atoms with Crippen LogP contribution >= 0.6 is 12.4 Å². The van der Waals surface area contributed by atoms with Crippen LogP contribution in [-0.4, -0.2) is 50.8 Å². The average Bonchev–Trinajstić information content (AvgIpc) is 2.46. The number of rotatable bonds is 9. The lowest BCUT2D eigenvalue weighted by molar-refractivity contribution is -0.131. The topological polar surface area (TPSA) is 64.8 Å². The maximum absolute atomic E-state index is 11.8. The molecule has 1 amide bonds. The molecule has 0 fully saturated rings. The molecule has 1 aromatic rings. The number of carbonyl (C=O) groups excluding carboxylic acids is 1. The molecule has 1 rings (SSSR count). The predicted octanol–water partition coefficient (Wildman–Crippen LogP) is 1.06. The van der Waals surface area contributed by atoms with Crippen LogP contribution in [0.1, 0.15) is 5.56 Å². The van der Waals surface area contributed by atoms with Crippen molar-refractivity contribution in [2.45, 2.75) is 6.54 Å². The first-order valence-electron chi connectivity index (χ1n) is 6.36. The Balaban J connectivity index is 0.00000361. The van der Waals surface area contributed by atoms with Crippen LogP contribution in [0.2, 0.25) is 0 Å². The highest BCUT2D eigenvalue weighted by Crippen LogP contribution is 2.04. The third-order valence-corrected chi connectivity index (χ3v) is 2.68. The summed E-state index contributed by atoms with van der Waals surface area (Å²) in [5.41, 5.74) is 6.51. The second kappa shape index (κ2) is 11.7. The van der Waals surface area contributed by atoms with Crippen LogP contribution in [0.3, 0.4) is 0 Å². The van der Waals surface area contributed by atoms with E-state index in [2.05, 4.69) is 0 Å². The van der Waals surface area contributed by atoms with Crippen LogP contribution in [0, 0.1) is 0 Å². The van der Waals surface area contributed by atoms with Gasteiger partial charge in [-0.25, -0.2) is 0 Å². The Morgan fingerprint density at radius 2 is 1.90 bits per heavy atom. The van der Waals surface area contributed by atoms with Crippen molar-refractivity contribution in [3.63, 3.8) is 0 Å². The molecule has 1 aromatic carbocycles. The summed E-state index contributed by atoms with van der Waals surface area (Å²) in [6, 6.07) is 9.84. The summed E-state index contributed by atoms with van der Waals surface area (Å²) >= 11 is 0. The van der Waals surface area contributed by atoms with E-state index in [1.54, 1.807) is 12.0 Å². The fraction of sp³-hybridized carbons (Fsp3) is 0.500. The van der Waals surface area contributed by atoms with Gasteiger partial charge >= 0.3 is 0 Å². The number of halogens is 1. The second-order valence-electron chi connectivity index (χ2n) is 4.11. The number of hydrogen-bond donors (Lipinski definition) is 1. The molecule has 20 heavy (non-hydrogen) atoms. The second-order valence-corrected chi connectivity index (χ2v) is 4.11. The monoisotopic (exact) mass is 302 g/mol. The lowest BCUT2D eigenvalue weighted by Gasteiger charge is -2.22. The average molecular weight is 303 g/mol. The van der Waals surface area contributed by atoms with Gasteiger partial charge in [0.05, 0.1) is 26.4 Å². The molecule has 0 unspecified atom stereocenters. The summed E-state index contributed by atoms with van der Waals surface area (Å²) in [5.74, 6) is -0.0702. The van der Waals surface area contributed by atoms with Crippen molar-refractivity contribution in [3.8, 4) is 0 Å².